The molecule has 1 aromatic heterocycles. The van der Waals surface area contributed by atoms with E-state index in [-0.39, 0.29) is 0 Å². The number of anilines is 3. The molecule has 3 rings (SSSR count). The lowest BCUT2D eigenvalue weighted by molar-refractivity contribution is 0.614. The van der Waals surface area contributed by atoms with Crippen LogP contribution in [0, 0.1) is 0 Å². The number of aromatic nitrogens is 3. The van der Waals surface area contributed by atoms with Crippen LogP contribution in [-0.4, -0.2) is 41.1 Å². The summed E-state index contributed by atoms with van der Waals surface area (Å²) in [6.07, 6.45) is 10.2. The van der Waals surface area contributed by atoms with Gasteiger partial charge in [0.15, 0.2) is 0 Å². The predicted molar refractivity (Wildman–Crippen MR) is 85.9 cm³/mol. The Morgan fingerprint density at radius 3 is 2.19 bits per heavy atom. The molecule has 1 saturated carbocycles. The topological polar surface area (TPSA) is 66.0 Å². The second-order valence-corrected chi connectivity index (χ2v) is 6.06. The van der Waals surface area contributed by atoms with Crippen molar-refractivity contribution in [3.05, 3.63) is 0 Å². The largest absolute Gasteiger partial charge is 0.357 e. The summed E-state index contributed by atoms with van der Waals surface area (Å²) < 4.78 is 0. The third kappa shape index (κ3) is 3.74. The first-order chi connectivity index (χ1) is 10.3. The molecule has 0 unspecified atom stereocenters. The van der Waals surface area contributed by atoms with Crippen molar-refractivity contribution in [3.63, 3.8) is 0 Å². The number of hydrogen-bond donors (Lipinski definition) is 2. The Hall–Kier alpha value is -1.59. The minimum Gasteiger partial charge on any atom is -0.357 e. The Bertz CT molecular complexity index is 449. The SMILES string of the molecule is CNc1nc(NC2CCCCCC2)nc(N2CCCC2)n1. The van der Waals surface area contributed by atoms with Gasteiger partial charge < -0.3 is 15.5 Å². The highest BCUT2D eigenvalue weighted by Gasteiger charge is 2.19. The molecule has 2 heterocycles. The summed E-state index contributed by atoms with van der Waals surface area (Å²) in [7, 11) is 1.86. The summed E-state index contributed by atoms with van der Waals surface area (Å²) in [6.45, 7) is 2.10. The fraction of sp³-hybridized carbons (Fsp3) is 0.800. The van der Waals surface area contributed by atoms with Gasteiger partial charge in [-0.05, 0) is 25.7 Å². The third-order valence-corrected chi connectivity index (χ3v) is 4.42. The van der Waals surface area contributed by atoms with E-state index in [9.17, 15) is 0 Å². The number of hydrogen-bond acceptors (Lipinski definition) is 6. The molecule has 6 heteroatoms. The molecule has 0 aromatic carbocycles. The molecule has 2 N–H and O–H groups in total. The molecule has 1 aromatic rings. The zero-order valence-corrected chi connectivity index (χ0v) is 12.9. The zero-order valence-electron chi connectivity index (χ0n) is 12.9. The lowest BCUT2D eigenvalue weighted by Gasteiger charge is -2.19. The maximum Gasteiger partial charge on any atom is 0.231 e. The van der Waals surface area contributed by atoms with Gasteiger partial charge in [0.05, 0.1) is 0 Å². The van der Waals surface area contributed by atoms with Crippen LogP contribution in [0.4, 0.5) is 17.8 Å². The molecule has 1 aliphatic carbocycles. The van der Waals surface area contributed by atoms with Gasteiger partial charge >= 0.3 is 0 Å². The molecule has 0 spiro atoms. The van der Waals surface area contributed by atoms with Gasteiger partial charge in [0.1, 0.15) is 0 Å². The first-order valence-electron chi connectivity index (χ1n) is 8.30. The Balaban J connectivity index is 1.74. The van der Waals surface area contributed by atoms with E-state index in [1.807, 2.05) is 7.05 Å². The molecular weight excluding hydrogens is 264 g/mol. The van der Waals surface area contributed by atoms with Gasteiger partial charge in [-0.15, -0.1) is 0 Å². The van der Waals surface area contributed by atoms with E-state index in [4.69, 9.17) is 0 Å². The standard InChI is InChI=1S/C15H26N6/c1-16-13-18-14(17-12-8-4-2-3-5-9-12)20-15(19-13)21-10-6-7-11-21/h12H,2-11H2,1H3,(H2,16,17,18,19,20). The minimum absolute atomic E-state index is 0.506. The van der Waals surface area contributed by atoms with E-state index in [0.717, 1.165) is 25.0 Å². The van der Waals surface area contributed by atoms with Crippen LogP contribution in [0.25, 0.3) is 0 Å². The quantitative estimate of drug-likeness (QED) is 0.831. The van der Waals surface area contributed by atoms with Crippen LogP contribution in [0.3, 0.4) is 0 Å². The zero-order chi connectivity index (χ0) is 14.5. The van der Waals surface area contributed by atoms with Crippen LogP contribution in [0.1, 0.15) is 51.4 Å². The molecule has 0 radical (unpaired) electrons. The minimum atomic E-state index is 0.506. The third-order valence-electron chi connectivity index (χ3n) is 4.42. The van der Waals surface area contributed by atoms with Crippen LogP contribution in [0.5, 0.6) is 0 Å². The molecule has 116 valence electrons. The lowest BCUT2D eigenvalue weighted by Crippen LogP contribution is -2.24. The number of rotatable bonds is 4. The molecule has 1 saturated heterocycles. The Kier molecular flexibility index (Phi) is 4.72. The molecule has 1 aliphatic heterocycles. The van der Waals surface area contributed by atoms with Crippen molar-refractivity contribution in [2.24, 2.45) is 0 Å². The van der Waals surface area contributed by atoms with Gasteiger partial charge in [-0.25, -0.2) is 0 Å². The average molecular weight is 290 g/mol. The summed E-state index contributed by atoms with van der Waals surface area (Å²) in [6, 6.07) is 0.506. The molecule has 6 nitrogen and oxygen atoms in total. The summed E-state index contributed by atoms with van der Waals surface area (Å²) in [4.78, 5) is 15.9. The predicted octanol–water partition coefficient (Wildman–Crippen LogP) is 2.65. The second-order valence-electron chi connectivity index (χ2n) is 6.06. The molecule has 2 fully saturated rings. The fourth-order valence-corrected chi connectivity index (χ4v) is 3.21. The van der Waals surface area contributed by atoms with E-state index in [2.05, 4.69) is 30.5 Å². The molecule has 2 aliphatic rings. The van der Waals surface area contributed by atoms with Gasteiger partial charge in [-0.3, -0.25) is 0 Å². The van der Waals surface area contributed by atoms with Crippen LogP contribution in [0.2, 0.25) is 0 Å². The van der Waals surface area contributed by atoms with Crippen LogP contribution in [0.15, 0.2) is 0 Å². The second kappa shape index (κ2) is 6.91. The normalized spacial score (nSPS) is 20.3. The average Bonchev–Trinajstić information content (AvgIpc) is 2.93. The Labute approximate surface area is 126 Å². The smallest absolute Gasteiger partial charge is 0.231 e. The van der Waals surface area contributed by atoms with Crippen LogP contribution >= 0.6 is 0 Å². The molecule has 0 amide bonds. The summed E-state index contributed by atoms with van der Waals surface area (Å²) in [5.41, 5.74) is 0. The first-order valence-corrected chi connectivity index (χ1v) is 8.30. The molecule has 0 bridgehead atoms. The van der Waals surface area contributed by atoms with Crippen molar-refractivity contribution < 1.29 is 0 Å². The highest BCUT2D eigenvalue weighted by molar-refractivity contribution is 5.44. The van der Waals surface area contributed by atoms with Crippen molar-refractivity contribution in [1.82, 2.24) is 15.0 Å². The van der Waals surface area contributed by atoms with E-state index in [1.54, 1.807) is 0 Å². The van der Waals surface area contributed by atoms with Gasteiger partial charge in [0.2, 0.25) is 17.8 Å². The van der Waals surface area contributed by atoms with E-state index in [0.29, 0.717) is 12.0 Å². The number of nitrogens with zero attached hydrogens (tertiary/aromatic N) is 4. The highest BCUT2D eigenvalue weighted by atomic mass is 15.3. The highest BCUT2D eigenvalue weighted by Crippen LogP contribution is 2.22. The summed E-state index contributed by atoms with van der Waals surface area (Å²) in [5, 5.41) is 6.58. The van der Waals surface area contributed by atoms with Crippen molar-refractivity contribution in [2.75, 3.05) is 35.7 Å². The van der Waals surface area contributed by atoms with Crippen LogP contribution < -0.4 is 15.5 Å². The number of nitrogens with one attached hydrogen (secondary N) is 2. The van der Waals surface area contributed by atoms with E-state index in [1.165, 1.54) is 51.4 Å². The molecular formula is C15H26N6. The summed E-state index contributed by atoms with van der Waals surface area (Å²) in [5.74, 6) is 2.19. The van der Waals surface area contributed by atoms with E-state index >= 15 is 0 Å². The lowest BCUT2D eigenvalue weighted by atomic mass is 10.1. The van der Waals surface area contributed by atoms with Crippen molar-refractivity contribution in [1.29, 1.82) is 0 Å². The van der Waals surface area contributed by atoms with Gasteiger partial charge in [-0.2, -0.15) is 15.0 Å². The fourth-order valence-electron chi connectivity index (χ4n) is 3.21. The van der Waals surface area contributed by atoms with E-state index < -0.39 is 0 Å². The van der Waals surface area contributed by atoms with Crippen molar-refractivity contribution in [3.8, 4) is 0 Å². The Morgan fingerprint density at radius 1 is 0.857 bits per heavy atom. The maximum absolute atomic E-state index is 4.64. The van der Waals surface area contributed by atoms with Gasteiger partial charge in [0, 0.05) is 26.2 Å². The maximum atomic E-state index is 4.64. The van der Waals surface area contributed by atoms with Crippen molar-refractivity contribution >= 4 is 17.8 Å². The van der Waals surface area contributed by atoms with Crippen molar-refractivity contribution in [2.45, 2.75) is 57.4 Å². The summed E-state index contributed by atoms with van der Waals surface area (Å²) >= 11 is 0. The van der Waals surface area contributed by atoms with Gasteiger partial charge in [-0.1, -0.05) is 25.7 Å². The first kappa shape index (κ1) is 14.4. The molecule has 0 atom stereocenters. The Morgan fingerprint density at radius 2 is 1.52 bits per heavy atom. The monoisotopic (exact) mass is 290 g/mol. The van der Waals surface area contributed by atoms with Gasteiger partial charge in [0.25, 0.3) is 0 Å². The molecule has 21 heavy (non-hydrogen) atoms. The van der Waals surface area contributed by atoms with Crippen LogP contribution in [-0.2, 0) is 0 Å².